The van der Waals surface area contributed by atoms with Gasteiger partial charge < -0.3 is 9.30 Å². The second-order valence-electron chi connectivity index (χ2n) is 5.69. The third-order valence-electron chi connectivity index (χ3n) is 4.05. The summed E-state index contributed by atoms with van der Waals surface area (Å²) in [5.74, 6) is -0.299. The van der Waals surface area contributed by atoms with Crippen molar-refractivity contribution in [2.75, 3.05) is 6.61 Å². The summed E-state index contributed by atoms with van der Waals surface area (Å²) < 4.78 is 21.9. The Labute approximate surface area is 147 Å². The summed E-state index contributed by atoms with van der Waals surface area (Å²) in [7, 11) is 0. The molecule has 3 aromatic rings. The van der Waals surface area contributed by atoms with Crippen molar-refractivity contribution in [3.05, 3.63) is 57.8 Å². The first-order valence-corrected chi connectivity index (χ1v) is 9.70. The van der Waals surface area contributed by atoms with Crippen LogP contribution in [0.3, 0.4) is 0 Å². The van der Waals surface area contributed by atoms with E-state index in [-0.39, 0.29) is 11.9 Å². The van der Waals surface area contributed by atoms with Gasteiger partial charge >= 0.3 is 0 Å². The predicted octanol–water partition coefficient (Wildman–Crippen LogP) is 4.83. The van der Waals surface area contributed by atoms with E-state index in [4.69, 9.17) is 4.74 Å². The van der Waals surface area contributed by atoms with Crippen LogP contribution in [-0.2, 0) is 11.3 Å². The van der Waals surface area contributed by atoms with E-state index in [1.165, 1.54) is 10.9 Å². The smallest absolute Gasteiger partial charge is 0.190 e. The van der Waals surface area contributed by atoms with Crippen molar-refractivity contribution in [1.82, 2.24) is 4.57 Å². The molecular weight excluding hydrogens is 343 g/mol. The Kier molecular flexibility index (Phi) is 4.60. The Morgan fingerprint density at radius 1 is 1.21 bits per heavy atom. The lowest BCUT2D eigenvalue weighted by molar-refractivity contribution is 0.0968. The standard InChI is InChI=1S/C18H17FN2OS2/c19-14-6-1-2-7-15(14)20-18-21(11-13-5-3-9-22-13)16(12-24-18)17-8-4-10-23-17/h1-2,4,6-8,10,12-13H,3,5,9,11H2. The van der Waals surface area contributed by atoms with Crippen LogP contribution in [0, 0.1) is 5.82 Å². The fourth-order valence-electron chi connectivity index (χ4n) is 2.85. The highest BCUT2D eigenvalue weighted by molar-refractivity contribution is 7.14. The largest absolute Gasteiger partial charge is 0.376 e. The van der Waals surface area contributed by atoms with E-state index in [0.29, 0.717) is 5.69 Å². The van der Waals surface area contributed by atoms with Gasteiger partial charge in [-0.15, -0.1) is 22.7 Å². The average Bonchev–Trinajstić information content (AvgIpc) is 3.33. The van der Waals surface area contributed by atoms with Gasteiger partial charge in [0.1, 0.15) is 11.5 Å². The minimum Gasteiger partial charge on any atom is -0.376 e. The molecule has 4 rings (SSSR count). The van der Waals surface area contributed by atoms with Crippen molar-refractivity contribution in [3.63, 3.8) is 0 Å². The molecule has 2 aromatic heterocycles. The number of aromatic nitrogens is 1. The molecule has 1 atom stereocenters. The summed E-state index contributed by atoms with van der Waals surface area (Å²) in [5, 5.41) is 4.16. The van der Waals surface area contributed by atoms with E-state index >= 15 is 0 Å². The quantitative estimate of drug-likeness (QED) is 0.655. The predicted molar refractivity (Wildman–Crippen MR) is 96.2 cm³/mol. The van der Waals surface area contributed by atoms with Gasteiger partial charge in [-0.25, -0.2) is 9.38 Å². The highest BCUT2D eigenvalue weighted by Crippen LogP contribution is 2.27. The number of hydrogen-bond acceptors (Lipinski definition) is 4. The summed E-state index contributed by atoms with van der Waals surface area (Å²) in [6, 6.07) is 10.8. The van der Waals surface area contributed by atoms with Gasteiger partial charge in [0.2, 0.25) is 0 Å². The van der Waals surface area contributed by atoms with Gasteiger partial charge in [0.05, 0.1) is 23.2 Å². The Balaban J connectivity index is 1.80. The zero-order valence-corrected chi connectivity index (χ0v) is 14.7. The summed E-state index contributed by atoms with van der Waals surface area (Å²) in [5.41, 5.74) is 1.50. The zero-order valence-electron chi connectivity index (χ0n) is 13.0. The van der Waals surface area contributed by atoms with Crippen molar-refractivity contribution in [2.45, 2.75) is 25.5 Å². The second kappa shape index (κ2) is 7.01. The molecule has 0 bridgehead atoms. The van der Waals surface area contributed by atoms with Crippen LogP contribution in [0.2, 0.25) is 0 Å². The Bertz CT molecular complexity index is 877. The molecule has 1 saturated heterocycles. The van der Waals surface area contributed by atoms with Crippen LogP contribution in [0.25, 0.3) is 10.6 Å². The minimum absolute atomic E-state index is 0.206. The van der Waals surface area contributed by atoms with Crippen LogP contribution in [0.4, 0.5) is 10.1 Å². The summed E-state index contributed by atoms with van der Waals surface area (Å²) in [4.78, 5) is 6.57. The average molecular weight is 360 g/mol. The molecule has 1 aliphatic rings. The SMILES string of the molecule is Fc1ccccc1N=c1scc(-c2cccs2)n1CC1CCCO1. The molecule has 0 aliphatic carbocycles. The lowest BCUT2D eigenvalue weighted by atomic mass is 10.2. The number of thiazole rings is 1. The van der Waals surface area contributed by atoms with Crippen LogP contribution in [0.1, 0.15) is 12.8 Å². The third kappa shape index (κ3) is 3.22. The number of halogens is 1. The molecule has 124 valence electrons. The van der Waals surface area contributed by atoms with Crippen molar-refractivity contribution in [1.29, 1.82) is 0 Å². The highest BCUT2D eigenvalue weighted by Gasteiger charge is 2.19. The van der Waals surface area contributed by atoms with Crippen LogP contribution < -0.4 is 4.80 Å². The zero-order chi connectivity index (χ0) is 16.4. The molecule has 1 aliphatic heterocycles. The fraction of sp³-hybridized carbons (Fsp3) is 0.278. The second-order valence-corrected chi connectivity index (χ2v) is 7.47. The minimum atomic E-state index is -0.299. The van der Waals surface area contributed by atoms with Crippen LogP contribution >= 0.6 is 22.7 Å². The molecule has 3 heterocycles. The molecule has 1 fully saturated rings. The number of benzene rings is 1. The summed E-state index contributed by atoms with van der Waals surface area (Å²) in [6.07, 6.45) is 2.37. The molecule has 3 nitrogen and oxygen atoms in total. The number of ether oxygens (including phenoxy) is 1. The molecule has 0 radical (unpaired) electrons. The van der Waals surface area contributed by atoms with Crippen LogP contribution in [0.15, 0.2) is 52.2 Å². The van der Waals surface area contributed by atoms with Gasteiger partial charge in [-0.1, -0.05) is 18.2 Å². The van der Waals surface area contributed by atoms with Crippen LogP contribution in [-0.4, -0.2) is 17.3 Å². The maximum atomic E-state index is 14.0. The third-order valence-corrected chi connectivity index (χ3v) is 5.81. The van der Waals surface area contributed by atoms with E-state index in [2.05, 4.69) is 26.4 Å². The molecule has 1 aromatic carbocycles. The van der Waals surface area contributed by atoms with Crippen molar-refractivity contribution >= 4 is 28.4 Å². The molecule has 1 unspecified atom stereocenters. The monoisotopic (exact) mass is 360 g/mol. The molecular formula is C18H17FN2OS2. The van der Waals surface area contributed by atoms with Crippen molar-refractivity contribution in [2.24, 2.45) is 4.99 Å². The molecule has 6 heteroatoms. The molecule has 0 N–H and O–H groups in total. The lowest BCUT2D eigenvalue weighted by Crippen LogP contribution is -2.23. The topological polar surface area (TPSA) is 26.5 Å². The number of para-hydroxylation sites is 1. The summed E-state index contributed by atoms with van der Waals surface area (Å²) >= 11 is 3.24. The molecule has 0 spiro atoms. The number of nitrogens with zero attached hydrogens (tertiary/aromatic N) is 2. The number of hydrogen-bond donors (Lipinski definition) is 0. The normalized spacial score (nSPS) is 18.4. The maximum Gasteiger partial charge on any atom is 0.190 e. The molecule has 0 saturated carbocycles. The summed E-state index contributed by atoms with van der Waals surface area (Å²) in [6.45, 7) is 1.58. The highest BCUT2D eigenvalue weighted by atomic mass is 32.1. The van der Waals surface area contributed by atoms with Crippen molar-refractivity contribution < 1.29 is 9.13 Å². The van der Waals surface area contributed by atoms with E-state index in [1.54, 1.807) is 40.9 Å². The van der Waals surface area contributed by atoms with Gasteiger partial charge in [-0.3, -0.25) is 0 Å². The van der Waals surface area contributed by atoms with Gasteiger partial charge in [0, 0.05) is 12.0 Å². The molecule has 0 amide bonds. The fourth-order valence-corrected chi connectivity index (χ4v) is 4.60. The van der Waals surface area contributed by atoms with E-state index in [9.17, 15) is 4.39 Å². The maximum absolute atomic E-state index is 14.0. The Hall–Kier alpha value is -1.76. The van der Waals surface area contributed by atoms with E-state index < -0.39 is 0 Å². The van der Waals surface area contributed by atoms with Gasteiger partial charge in [0.15, 0.2) is 4.80 Å². The van der Waals surface area contributed by atoms with Gasteiger partial charge in [-0.05, 0) is 36.4 Å². The van der Waals surface area contributed by atoms with Crippen LogP contribution in [0.5, 0.6) is 0 Å². The molecule has 24 heavy (non-hydrogen) atoms. The lowest BCUT2D eigenvalue weighted by Gasteiger charge is -2.13. The number of thiophene rings is 1. The first-order chi connectivity index (χ1) is 11.8. The van der Waals surface area contributed by atoms with Gasteiger partial charge in [0.25, 0.3) is 0 Å². The number of rotatable bonds is 4. The van der Waals surface area contributed by atoms with E-state index in [0.717, 1.165) is 36.5 Å². The van der Waals surface area contributed by atoms with Gasteiger partial charge in [-0.2, -0.15) is 0 Å². The first-order valence-electron chi connectivity index (χ1n) is 7.94. The first kappa shape index (κ1) is 15.7. The van der Waals surface area contributed by atoms with Crippen molar-refractivity contribution in [3.8, 4) is 10.6 Å². The Morgan fingerprint density at radius 3 is 2.88 bits per heavy atom. The van der Waals surface area contributed by atoms with E-state index in [1.807, 2.05) is 6.07 Å². The Morgan fingerprint density at radius 2 is 2.12 bits per heavy atom.